The Labute approximate surface area is 126 Å². The highest BCUT2D eigenvalue weighted by atomic mass is 16.2. The van der Waals surface area contributed by atoms with Crippen molar-refractivity contribution in [1.29, 1.82) is 0 Å². The normalized spacial score (nSPS) is 23.4. The zero-order valence-electron chi connectivity index (χ0n) is 12.6. The summed E-state index contributed by atoms with van der Waals surface area (Å²) in [6.07, 6.45) is 8.77. The van der Waals surface area contributed by atoms with Gasteiger partial charge in [-0.15, -0.1) is 0 Å². The standard InChI is InChI=1S/C17H25N3O/c18-13-8-9-14(15(19)11-13)17(21)20-10-4-7-16(20)12-5-2-1-3-6-12/h8-9,11-12,16H,1-7,10,18-19H2. The molecule has 114 valence electrons. The van der Waals surface area contributed by atoms with Gasteiger partial charge in [0.15, 0.2) is 0 Å². The van der Waals surface area contributed by atoms with E-state index in [-0.39, 0.29) is 5.91 Å². The summed E-state index contributed by atoms with van der Waals surface area (Å²) >= 11 is 0. The van der Waals surface area contributed by atoms with Gasteiger partial charge >= 0.3 is 0 Å². The second-order valence-electron chi connectivity index (χ2n) is 6.45. The van der Waals surface area contributed by atoms with Crippen LogP contribution in [0.1, 0.15) is 55.3 Å². The van der Waals surface area contributed by atoms with Crippen LogP contribution in [0.25, 0.3) is 0 Å². The number of hydrogen-bond donors (Lipinski definition) is 2. The van der Waals surface area contributed by atoms with Crippen LogP contribution in [0.2, 0.25) is 0 Å². The number of nitrogens with zero attached hydrogens (tertiary/aromatic N) is 1. The molecule has 1 atom stereocenters. The second-order valence-corrected chi connectivity index (χ2v) is 6.45. The molecule has 0 bridgehead atoms. The van der Waals surface area contributed by atoms with Crippen LogP contribution in [-0.4, -0.2) is 23.4 Å². The topological polar surface area (TPSA) is 72.4 Å². The number of likely N-dealkylation sites (tertiary alicyclic amines) is 1. The summed E-state index contributed by atoms with van der Waals surface area (Å²) in [7, 11) is 0. The molecule has 1 aliphatic heterocycles. The summed E-state index contributed by atoms with van der Waals surface area (Å²) in [5.74, 6) is 0.765. The van der Waals surface area contributed by atoms with E-state index in [1.165, 1.54) is 32.1 Å². The molecule has 4 N–H and O–H groups in total. The summed E-state index contributed by atoms with van der Waals surface area (Å²) in [5, 5.41) is 0. The maximum Gasteiger partial charge on any atom is 0.256 e. The zero-order chi connectivity index (χ0) is 14.8. The van der Waals surface area contributed by atoms with Gasteiger partial charge in [-0.25, -0.2) is 0 Å². The number of carbonyl (C=O) groups is 1. The second kappa shape index (κ2) is 5.96. The van der Waals surface area contributed by atoms with E-state index >= 15 is 0 Å². The maximum atomic E-state index is 12.8. The van der Waals surface area contributed by atoms with Crippen molar-refractivity contribution < 1.29 is 4.79 Å². The molecule has 3 rings (SSSR count). The van der Waals surface area contributed by atoms with Crippen molar-refractivity contribution in [3.05, 3.63) is 23.8 Å². The highest BCUT2D eigenvalue weighted by molar-refractivity contribution is 6.00. The van der Waals surface area contributed by atoms with Crippen molar-refractivity contribution in [2.45, 2.75) is 51.0 Å². The molecular weight excluding hydrogens is 262 g/mol. The number of nitrogens with two attached hydrogens (primary N) is 2. The predicted octanol–water partition coefficient (Wildman–Crippen LogP) is 3.04. The third-order valence-electron chi connectivity index (χ3n) is 5.06. The highest BCUT2D eigenvalue weighted by Crippen LogP contribution is 2.35. The number of anilines is 2. The molecule has 2 aliphatic rings. The van der Waals surface area contributed by atoms with E-state index in [9.17, 15) is 4.79 Å². The van der Waals surface area contributed by atoms with Crippen LogP contribution in [0.3, 0.4) is 0 Å². The number of nitrogen functional groups attached to an aromatic ring is 2. The molecule has 1 heterocycles. The molecule has 1 saturated carbocycles. The van der Waals surface area contributed by atoms with Crippen LogP contribution in [0, 0.1) is 5.92 Å². The lowest BCUT2D eigenvalue weighted by Crippen LogP contribution is -2.41. The van der Waals surface area contributed by atoms with Crippen molar-refractivity contribution >= 4 is 17.3 Å². The molecule has 0 radical (unpaired) electrons. The fourth-order valence-corrected chi connectivity index (χ4v) is 3.98. The molecule has 21 heavy (non-hydrogen) atoms. The van der Waals surface area contributed by atoms with Gasteiger partial charge in [0.2, 0.25) is 0 Å². The highest BCUT2D eigenvalue weighted by Gasteiger charge is 2.35. The molecule has 1 aliphatic carbocycles. The minimum absolute atomic E-state index is 0.0839. The Kier molecular flexibility index (Phi) is 4.04. The lowest BCUT2D eigenvalue weighted by molar-refractivity contribution is 0.0662. The van der Waals surface area contributed by atoms with Crippen LogP contribution in [-0.2, 0) is 0 Å². The van der Waals surface area contributed by atoms with Gasteiger partial charge in [0, 0.05) is 24.0 Å². The molecule has 1 unspecified atom stereocenters. The molecular formula is C17H25N3O. The quantitative estimate of drug-likeness (QED) is 0.821. The van der Waals surface area contributed by atoms with Gasteiger partial charge in [-0.2, -0.15) is 0 Å². The lowest BCUT2D eigenvalue weighted by Gasteiger charge is -2.34. The van der Waals surface area contributed by atoms with Gasteiger partial charge in [-0.1, -0.05) is 19.3 Å². The first-order valence-electron chi connectivity index (χ1n) is 8.13. The molecule has 1 saturated heterocycles. The molecule has 0 spiro atoms. The number of amides is 1. The van der Waals surface area contributed by atoms with Crippen LogP contribution in [0.15, 0.2) is 18.2 Å². The Hall–Kier alpha value is -1.71. The maximum absolute atomic E-state index is 12.8. The molecule has 4 nitrogen and oxygen atoms in total. The first kappa shape index (κ1) is 14.2. The first-order valence-corrected chi connectivity index (χ1v) is 8.13. The number of rotatable bonds is 2. The summed E-state index contributed by atoms with van der Waals surface area (Å²) in [4.78, 5) is 14.9. The Morgan fingerprint density at radius 3 is 2.52 bits per heavy atom. The SMILES string of the molecule is Nc1ccc(C(=O)N2CCCC2C2CCCCC2)c(N)c1. The zero-order valence-corrected chi connectivity index (χ0v) is 12.6. The van der Waals surface area contributed by atoms with Gasteiger partial charge in [0.05, 0.1) is 5.56 Å². The average molecular weight is 287 g/mol. The Balaban J connectivity index is 1.79. The van der Waals surface area contributed by atoms with Crippen molar-refractivity contribution in [3.63, 3.8) is 0 Å². The van der Waals surface area contributed by atoms with Gasteiger partial charge in [0.1, 0.15) is 0 Å². The van der Waals surface area contributed by atoms with Crippen LogP contribution < -0.4 is 11.5 Å². The Morgan fingerprint density at radius 2 is 1.81 bits per heavy atom. The number of carbonyl (C=O) groups excluding carboxylic acids is 1. The molecule has 0 aromatic heterocycles. The van der Waals surface area contributed by atoms with Crippen LogP contribution >= 0.6 is 0 Å². The Morgan fingerprint density at radius 1 is 1.05 bits per heavy atom. The first-order chi connectivity index (χ1) is 10.2. The van der Waals surface area contributed by atoms with Gasteiger partial charge < -0.3 is 16.4 Å². The summed E-state index contributed by atoms with van der Waals surface area (Å²) < 4.78 is 0. The minimum atomic E-state index is 0.0839. The largest absolute Gasteiger partial charge is 0.399 e. The number of benzene rings is 1. The van der Waals surface area contributed by atoms with Crippen molar-refractivity contribution in [2.24, 2.45) is 5.92 Å². The summed E-state index contributed by atoms with van der Waals surface area (Å²) in [5.41, 5.74) is 13.4. The van der Waals surface area contributed by atoms with E-state index in [2.05, 4.69) is 4.90 Å². The van der Waals surface area contributed by atoms with Crippen molar-refractivity contribution in [2.75, 3.05) is 18.0 Å². The van der Waals surface area contributed by atoms with Crippen molar-refractivity contribution in [1.82, 2.24) is 4.90 Å². The fourth-order valence-electron chi connectivity index (χ4n) is 3.98. The third-order valence-corrected chi connectivity index (χ3v) is 5.06. The molecule has 1 amide bonds. The smallest absolute Gasteiger partial charge is 0.256 e. The van der Waals surface area contributed by atoms with Crippen molar-refractivity contribution in [3.8, 4) is 0 Å². The average Bonchev–Trinajstić information content (AvgIpc) is 2.97. The number of hydrogen-bond acceptors (Lipinski definition) is 3. The summed E-state index contributed by atoms with van der Waals surface area (Å²) in [6, 6.07) is 5.62. The van der Waals surface area contributed by atoms with Gasteiger partial charge in [0.25, 0.3) is 5.91 Å². The lowest BCUT2D eigenvalue weighted by atomic mass is 9.83. The van der Waals surface area contributed by atoms with E-state index in [0.717, 1.165) is 19.4 Å². The van der Waals surface area contributed by atoms with Gasteiger partial charge in [-0.05, 0) is 49.8 Å². The molecule has 4 heteroatoms. The third kappa shape index (κ3) is 2.85. The van der Waals surface area contributed by atoms with Crippen LogP contribution in [0.5, 0.6) is 0 Å². The van der Waals surface area contributed by atoms with Gasteiger partial charge in [-0.3, -0.25) is 4.79 Å². The monoisotopic (exact) mass is 287 g/mol. The van der Waals surface area contributed by atoms with E-state index in [0.29, 0.717) is 28.9 Å². The van der Waals surface area contributed by atoms with E-state index in [1.807, 2.05) is 0 Å². The minimum Gasteiger partial charge on any atom is -0.399 e. The predicted molar refractivity (Wildman–Crippen MR) is 85.9 cm³/mol. The fraction of sp³-hybridized carbons (Fsp3) is 0.588. The molecule has 2 fully saturated rings. The van der Waals surface area contributed by atoms with E-state index < -0.39 is 0 Å². The molecule has 1 aromatic carbocycles. The summed E-state index contributed by atoms with van der Waals surface area (Å²) in [6.45, 7) is 0.865. The van der Waals surface area contributed by atoms with E-state index in [4.69, 9.17) is 11.5 Å². The molecule has 1 aromatic rings. The van der Waals surface area contributed by atoms with Crippen LogP contribution in [0.4, 0.5) is 11.4 Å². The van der Waals surface area contributed by atoms with E-state index in [1.54, 1.807) is 18.2 Å². The Bertz CT molecular complexity index is 523.